The molecule has 5 N–H and O–H groups in total. The molecular formula is C20H21F3N6O3S. The minimum atomic E-state index is -4.65. The van der Waals surface area contributed by atoms with Gasteiger partial charge in [0.25, 0.3) is 15.9 Å². The Bertz CT molecular complexity index is 1170. The van der Waals surface area contributed by atoms with Crippen LogP contribution in [0.3, 0.4) is 0 Å². The molecular weight excluding hydrogens is 461 g/mol. The number of carbonyl (C=O) groups excluding carboxylic acids is 1. The SMILES string of the molecule is N=C(N)N(Nc1ccc(S(=O)(=O)N=C2CCNCC2)cc1)C(=O)c1cccc(C(F)(F)F)c1. The van der Waals surface area contributed by atoms with E-state index in [4.69, 9.17) is 11.1 Å². The maximum atomic E-state index is 13.0. The molecule has 1 amide bonds. The van der Waals surface area contributed by atoms with Gasteiger partial charge in [-0.2, -0.15) is 31.0 Å². The Morgan fingerprint density at radius 3 is 2.33 bits per heavy atom. The molecule has 13 heteroatoms. The van der Waals surface area contributed by atoms with Crippen LogP contribution >= 0.6 is 0 Å². The molecule has 0 unspecified atom stereocenters. The van der Waals surface area contributed by atoms with Crippen LogP contribution in [0.2, 0.25) is 0 Å². The van der Waals surface area contributed by atoms with Gasteiger partial charge in [0, 0.05) is 24.4 Å². The second-order valence-corrected chi connectivity index (χ2v) is 8.73. The van der Waals surface area contributed by atoms with Crippen molar-refractivity contribution in [2.45, 2.75) is 23.9 Å². The van der Waals surface area contributed by atoms with Crippen LogP contribution < -0.4 is 16.5 Å². The van der Waals surface area contributed by atoms with Crippen LogP contribution in [0.5, 0.6) is 0 Å². The molecule has 0 radical (unpaired) electrons. The zero-order chi connectivity index (χ0) is 24.2. The summed E-state index contributed by atoms with van der Waals surface area (Å²) in [5.41, 5.74) is 7.33. The van der Waals surface area contributed by atoms with E-state index in [2.05, 4.69) is 15.1 Å². The number of anilines is 1. The largest absolute Gasteiger partial charge is 0.416 e. The second kappa shape index (κ2) is 9.58. The van der Waals surface area contributed by atoms with Gasteiger partial charge in [0.2, 0.25) is 5.96 Å². The molecule has 0 aliphatic carbocycles. The number of rotatable bonds is 5. The average molecular weight is 482 g/mol. The Morgan fingerprint density at radius 1 is 1.12 bits per heavy atom. The molecule has 1 saturated heterocycles. The quantitative estimate of drug-likeness (QED) is 0.293. The van der Waals surface area contributed by atoms with Gasteiger partial charge in [-0.25, -0.2) is 0 Å². The van der Waals surface area contributed by atoms with Gasteiger partial charge in [0.15, 0.2) is 0 Å². The number of hydrazine groups is 1. The number of amides is 1. The fourth-order valence-corrected chi connectivity index (χ4v) is 4.15. The van der Waals surface area contributed by atoms with E-state index in [1.165, 1.54) is 24.3 Å². The van der Waals surface area contributed by atoms with Crippen LogP contribution in [0.25, 0.3) is 0 Å². The van der Waals surface area contributed by atoms with Gasteiger partial charge in [-0.3, -0.25) is 15.6 Å². The Morgan fingerprint density at radius 2 is 1.76 bits per heavy atom. The van der Waals surface area contributed by atoms with Crippen molar-refractivity contribution in [3.05, 3.63) is 59.7 Å². The van der Waals surface area contributed by atoms with E-state index in [1.807, 2.05) is 0 Å². The normalized spacial score (nSPS) is 14.5. The Balaban J connectivity index is 1.79. The molecule has 0 atom stereocenters. The third-order valence-electron chi connectivity index (χ3n) is 4.70. The molecule has 0 bridgehead atoms. The van der Waals surface area contributed by atoms with Gasteiger partial charge in [0.05, 0.1) is 16.1 Å². The van der Waals surface area contributed by atoms with Gasteiger partial charge < -0.3 is 11.1 Å². The lowest BCUT2D eigenvalue weighted by molar-refractivity contribution is -0.137. The molecule has 9 nitrogen and oxygen atoms in total. The van der Waals surface area contributed by atoms with Gasteiger partial charge in [-0.1, -0.05) is 6.07 Å². The predicted molar refractivity (Wildman–Crippen MR) is 116 cm³/mol. The molecule has 1 heterocycles. The van der Waals surface area contributed by atoms with E-state index in [1.54, 1.807) is 0 Å². The lowest BCUT2D eigenvalue weighted by Crippen LogP contribution is -2.45. The number of benzene rings is 2. The number of guanidine groups is 1. The van der Waals surface area contributed by atoms with Gasteiger partial charge in [0.1, 0.15) is 0 Å². The minimum Gasteiger partial charge on any atom is -0.368 e. The lowest BCUT2D eigenvalue weighted by Gasteiger charge is -2.23. The van der Waals surface area contributed by atoms with Crippen LogP contribution in [-0.4, -0.2) is 44.1 Å². The van der Waals surface area contributed by atoms with Crippen molar-refractivity contribution in [1.82, 2.24) is 10.3 Å². The van der Waals surface area contributed by atoms with E-state index in [0.29, 0.717) is 42.7 Å². The summed E-state index contributed by atoms with van der Waals surface area (Å²) in [6.45, 7) is 1.30. The number of hydrogen-bond acceptors (Lipinski definition) is 6. The summed E-state index contributed by atoms with van der Waals surface area (Å²) in [5.74, 6) is -1.77. The third kappa shape index (κ3) is 6.08. The third-order valence-corrected chi connectivity index (χ3v) is 6.07. The van der Waals surface area contributed by atoms with Crippen LogP contribution in [0.4, 0.5) is 18.9 Å². The van der Waals surface area contributed by atoms with Gasteiger partial charge in [-0.15, -0.1) is 0 Å². The predicted octanol–water partition coefficient (Wildman–Crippen LogP) is 2.58. The van der Waals surface area contributed by atoms with Gasteiger partial charge >= 0.3 is 6.18 Å². The van der Waals surface area contributed by atoms with Crippen molar-refractivity contribution in [3.8, 4) is 0 Å². The highest BCUT2D eigenvalue weighted by Gasteiger charge is 2.31. The summed E-state index contributed by atoms with van der Waals surface area (Å²) in [4.78, 5) is 12.6. The van der Waals surface area contributed by atoms with E-state index < -0.39 is 33.6 Å². The molecule has 0 aromatic heterocycles. The summed E-state index contributed by atoms with van der Waals surface area (Å²) in [6.07, 6.45) is -3.59. The summed E-state index contributed by atoms with van der Waals surface area (Å²) < 4.78 is 67.7. The van der Waals surface area contributed by atoms with Gasteiger partial charge in [-0.05, 0) is 55.3 Å². The van der Waals surface area contributed by atoms with Crippen LogP contribution in [0, 0.1) is 5.41 Å². The van der Waals surface area contributed by atoms with Crippen molar-refractivity contribution >= 4 is 33.3 Å². The molecule has 0 spiro atoms. The highest BCUT2D eigenvalue weighted by Crippen LogP contribution is 2.30. The molecule has 2 aromatic carbocycles. The zero-order valence-corrected chi connectivity index (χ0v) is 18.0. The average Bonchev–Trinajstić information content (AvgIpc) is 2.77. The number of nitrogens with two attached hydrogens (primary N) is 1. The fraction of sp³-hybridized carbons (Fsp3) is 0.250. The number of piperidine rings is 1. The van der Waals surface area contributed by atoms with E-state index in [0.717, 1.165) is 18.2 Å². The summed E-state index contributed by atoms with van der Waals surface area (Å²) in [7, 11) is -3.92. The first-order valence-corrected chi connectivity index (χ1v) is 11.2. The summed E-state index contributed by atoms with van der Waals surface area (Å²) in [5, 5.41) is 11.3. The second-order valence-electron chi connectivity index (χ2n) is 7.12. The van der Waals surface area contributed by atoms with E-state index in [9.17, 15) is 26.4 Å². The number of nitrogens with one attached hydrogen (secondary N) is 3. The highest BCUT2D eigenvalue weighted by molar-refractivity contribution is 7.90. The standard InChI is InChI=1S/C20H21F3N6O3S/c21-20(22,23)14-3-1-2-13(12-14)18(30)29(19(24)25)27-15-4-6-17(7-5-15)33(31,32)28-16-8-10-26-11-9-16/h1-7,12,26-27H,8-11H2,(H3,24,25). The minimum absolute atomic E-state index is 0.0716. The topological polar surface area (TPSA) is 141 Å². The summed E-state index contributed by atoms with van der Waals surface area (Å²) in [6, 6.07) is 8.86. The van der Waals surface area contributed by atoms with Crippen LogP contribution in [0.1, 0.15) is 28.8 Å². The number of alkyl halides is 3. The number of carbonyl (C=O) groups is 1. The number of nitrogens with zero attached hydrogens (tertiary/aromatic N) is 2. The number of halogens is 3. The molecule has 2 aromatic rings. The van der Waals surface area contributed by atoms with E-state index in [-0.39, 0.29) is 16.1 Å². The van der Waals surface area contributed by atoms with E-state index >= 15 is 0 Å². The van der Waals surface area contributed by atoms with Crippen LogP contribution in [-0.2, 0) is 16.2 Å². The maximum absolute atomic E-state index is 13.0. The Hall–Kier alpha value is -3.45. The van der Waals surface area contributed by atoms with Crippen molar-refractivity contribution in [2.24, 2.45) is 10.1 Å². The number of sulfonamides is 1. The molecule has 33 heavy (non-hydrogen) atoms. The highest BCUT2D eigenvalue weighted by atomic mass is 32.2. The van der Waals surface area contributed by atoms with Crippen LogP contribution in [0.15, 0.2) is 57.8 Å². The molecule has 3 rings (SSSR count). The molecule has 0 saturated carbocycles. The smallest absolute Gasteiger partial charge is 0.368 e. The number of hydrogen-bond donors (Lipinski definition) is 4. The van der Waals surface area contributed by atoms with Crippen molar-refractivity contribution in [3.63, 3.8) is 0 Å². The fourth-order valence-electron chi connectivity index (χ4n) is 3.04. The first-order valence-electron chi connectivity index (χ1n) is 9.73. The Kier molecular flexibility index (Phi) is 7.03. The monoisotopic (exact) mass is 482 g/mol. The first-order chi connectivity index (χ1) is 15.5. The zero-order valence-electron chi connectivity index (χ0n) is 17.2. The Labute approximate surface area is 188 Å². The summed E-state index contributed by atoms with van der Waals surface area (Å²) >= 11 is 0. The van der Waals surface area contributed by atoms with Crippen molar-refractivity contribution in [1.29, 1.82) is 5.41 Å². The molecule has 1 fully saturated rings. The molecule has 1 aliphatic heterocycles. The van der Waals surface area contributed by atoms with Crippen molar-refractivity contribution < 1.29 is 26.4 Å². The van der Waals surface area contributed by atoms with Crippen molar-refractivity contribution in [2.75, 3.05) is 18.5 Å². The molecule has 176 valence electrons. The molecule has 1 aliphatic rings. The first kappa shape index (κ1) is 24.2. The lowest BCUT2D eigenvalue weighted by atomic mass is 10.1. The maximum Gasteiger partial charge on any atom is 0.416 e.